The van der Waals surface area contributed by atoms with Gasteiger partial charge in [-0.3, -0.25) is 9.59 Å². The van der Waals surface area contributed by atoms with E-state index in [4.69, 9.17) is 5.73 Å². The molecule has 0 fully saturated rings. The number of nitrogens with two attached hydrogens (primary N) is 1. The first kappa shape index (κ1) is 14.6. The number of nitrogens with one attached hydrogen (secondary N) is 2. The second kappa shape index (κ2) is 5.27. The molecule has 1 amide bonds. The summed E-state index contributed by atoms with van der Waals surface area (Å²) in [6.45, 7) is 0. The van der Waals surface area contributed by atoms with Gasteiger partial charge in [0, 0.05) is 6.07 Å². The molecule has 110 valence electrons. The Morgan fingerprint density at radius 2 is 1.95 bits per heavy atom. The second-order valence-corrected chi connectivity index (χ2v) is 4.06. The van der Waals surface area contributed by atoms with Crippen molar-refractivity contribution >= 4 is 17.3 Å². The average Bonchev–Trinajstić information content (AvgIpc) is 2.40. The fraction of sp³-hybridized carbons (Fsp3) is 0.0833. The Hall–Kier alpha value is -2.84. The summed E-state index contributed by atoms with van der Waals surface area (Å²) in [6.07, 6.45) is -4.52. The maximum Gasteiger partial charge on any atom is 0.416 e. The number of rotatable bonds is 2. The van der Waals surface area contributed by atoms with E-state index in [0.717, 1.165) is 24.3 Å². The van der Waals surface area contributed by atoms with Gasteiger partial charge in [0.25, 0.3) is 11.5 Å². The van der Waals surface area contributed by atoms with Crippen LogP contribution < -0.4 is 16.6 Å². The van der Waals surface area contributed by atoms with Crippen LogP contribution in [0.1, 0.15) is 16.1 Å². The van der Waals surface area contributed by atoms with Gasteiger partial charge in [0.15, 0.2) is 0 Å². The summed E-state index contributed by atoms with van der Waals surface area (Å²) in [6, 6.07) is 4.83. The Balaban J connectivity index is 2.22. The van der Waals surface area contributed by atoms with E-state index >= 15 is 0 Å². The maximum atomic E-state index is 12.5. The van der Waals surface area contributed by atoms with Gasteiger partial charge in [0.1, 0.15) is 5.69 Å². The summed E-state index contributed by atoms with van der Waals surface area (Å²) in [5.41, 5.74) is 3.75. The van der Waals surface area contributed by atoms with E-state index in [2.05, 4.69) is 15.5 Å². The van der Waals surface area contributed by atoms with Crippen LogP contribution in [0.5, 0.6) is 0 Å². The largest absolute Gasteiger partial charge is 0.416 e. The predicted molar refractivity (Wildman–Crippen MR) is 68.7 cm³/mol. The Bertz CT molecular complexity index is 720. The number of hydrogen-bond donors (Lipinski definition) is 3. The zero-order chi connectivity index (χ0) is 15.6. The highest BCUT2D eigenvalue weighted by atomic mass is 19.4. The number of carbonyl (C=O) groups is 1. The van der Waals surface area contributed by atoms with Crippen LogP contribution in [0.25, 0.3) is 0 Å². The molecule has 1 aromatic carbocycles. The quantitative estimate of drug-likeness (QED) is 0.733. The number of alkyl halides is 3. The molecule has 4 N–H and O–H groups in total. The first-order valence-electron chi connectivity index (χ1n) is 5.61. The number of aromatic nitrogens is 2. The highest BCUT2D eigenvalue weighted by Crippen LogP contribution is 2.32. The minimum atomic E-state index is -4.52. The van der Waals surface area contributed by atoms with E-state index in [1.54, 1.807) is 0 Å². The topological polar surface area (TPSA) is 101 Å². The van der Waals surface area contributed by atoms with Crippen LogP contribution in [0.15, 0.2) is 35.1 Å². The van der Waals surface area contributed by atoms with Gasteiger partial charge in [-0.15, -0.1) is 0 Å². The molecule has 9 heteroatoms. The van der Waals surface area contributed by atoms with Gasteiger partial charge in [-0.1, -0.05) is 0 Å². The highest BCUT2D eigenvalue weighted by molar-refractivity contribution is 6.04. The summed E-state index contributed by atoms with van der Waals surface area (Å²) in [5, 5.41) is 7.86. The monoisotopic (exact) mass is 298 g/mol. The van der Waals surface area contributed by atoms with E-state index in [1.165, 1.54) is 6.07 Å². The summed E-state index contributed by atoms with van der Waals surface area (Å²) < 4.78 is 37.4. The average molecular weight is 298 g/mol. The zero-order valence-electron chi connectivity index (χ0n) is 10.4. The third-order valence-corrected chi connectivity index (χ3v) is 2.54. The van der Waals surface area contributed by atoms with Crippen LogP contribution in [0.4, 0.5) is 24.5 Å². The molecule has 0 unspecified atom stereocenters. The minimum absolute atomic E-state index is 0.0148. The number of amides is 1. The summed E-state index contributed by atoms with van der Waals surface area (Å²) >= 11 is 0. The van der Waals surface area contributed by atoms with Crippen LogP contribution in [0.2, 0.25) is 0 Å². The van der Waals surface area contributed by atoms with E-state index in [0.29, 0.717) is 0 Å². The molecule has 0 spiro atoms. The van der Waals surface area contributed by atoms with Crippen LogP contribution in [0.3, 0.4) is 0 Å². The number of benzene rings is 1. The lowest BCUT2D eigenvalue weighted by molar-refractivity contribution is -0.137. The number of H-pyrrole nitrogens is 1. The molecular weight excluding hydrogens is 289 g/mol. The molecule has 0 radical (unpaired) electrons. The van der Waals surface area contributed by atoms with Crippen molar-refractivity contribution in [2.24, 2.45) is 0 Å². The summed E-state index contributed by atoms with van der Waals surface area (Å²) in [7, 11) is 0. The Kier molecular flexibility index (Phi) is 3.66. The van der Waals surface area contributed by atoms with Crippen molar-refractivity contribution < 1.29 is 18.0 Å². The van der Waals surface area contributed by atoms with Gasteiger partial charge < -0.3 is 11.1 Å². The number of hydrogen-bond acceptors (Lipinski definition) is 4. The summed E-state index contributed by atoms with van der Waals surface area (Å²) in [5.74, 6) is -0.710. The van der Waals surface area contributed by atoms with E-state index in [9.17, 15) is 22.8 Å². The van der Waals surface area contributed by atoms with Crippen molar-refractivity contribution in [3.63, 3.8) is 0 Å². The number of carbonyl (C=O) groups excluding carboxylic acids is 1. The number of anilines is 2. The molecule has 2 aromatic rings. The van der Waals surface area contributed by atoms with Crippen molar-refractivity contribution in [2.45, 2.75) is 6.18 Å². The maximum absolute atomic E-state index is 12.5. The molecule has 0 bridgehead atoms. The Labute approximate surface area is 115 Å². The normalized spacial score (nSPS) is 11.2. The number of aromatic amines is 1. The molecule has 0 aliphatic heterocycles. The first-order chi connectivity index (χ1) is 9.77. The van der Waals surface area contributed by atoms with Crippen LogP contribution >= 0.6 is 0 Å². The van der Waals surface area contributed by atoms with E-state index < -0.39 is 23.2 Å². The fourth-order valence-corrected chi connectivity index (χ4v) is 1.51. The summed E-state index contributed by atoms with van der Waals surface area (Å²) in [4.78, 5) is 22.6. The van der Waals surface area contributed by atoms with Crippen LogP contribution in [-0.4, -0.2) is 16.1 Å². The van der Waals surface area contributed by atoms with Crippen molar-refractivity contribution in [2.75, 3.05) is 11.1 Å². The van der Waals surface area contributed by atoms with Crippen LogP contribution in [0, 0.1) is 0 Å². The van der Waals surface area contributed by atoms with E-state index in [1.807, 2.05) is 0 Å². The minimum Gasteiger partial charge on any atom is -0.397 e. The van der Waals surface area contributed by atoms with Crippen molar-refractivity contribution in [3.8, 4) is 0 Å². The lowest BCUT2D eigenvalue weighted by Gasteiger charge is -2.11. The van der Waals surface area contributed by atoms with Crippen LogP contribution in [-0.2, 0) is 6.18 Å². The smallest absolute Gasteiger partial charge is 0.397 e. The lowest BCUT2D eigenvalue weighted by atomic mass is 10.1. The Morgan fingerprint density at radius 3 is 2.48 bits per heavy atom. The number of nitrogen functional groups attached to an aromatic ring is 1. The molecule has 2 rings (SSSR count). The standard InChI is InChI=1S/C12H9F3N4O2/c13-12(14,15)6-1-2-8(7(16)5-6)17-11(21)9-3-4-10(20)19-18-9/h1-5H,16H2,(H,17,21)(H,19,20). The predicted octanol–water partition coefficient (Wildman–Crippen LogP) is 1.62. The zero-order valence-corrected chi connectivity index (χ0v) is 10.4. The molecule has 0 aliphatic rings. The molecular formula is C12H9F3N4O2. The SMILES string of the molecule is Nc1cc(C(F)(F)F)ccc1NC(=O)c1ccc(=O)[nH]n1. The number of halogens is 3. The molecule has 1 heterocycles. The van der Waals surface area contributed by atoms with Crippen molar-refractivity contribution in [1.29, 1.82) is 0 Å². The Morgan fingerprint density at radius 1 is 1.24 bits per heavy atom. The first-order valence-corrected chi connectivity index (χ1v) is 5.61. The lowest BCUT2D eigenvalue weighted by Crippen LogP contribution is -2.18. The molecule has 0 atom stereocenters. The third kappa shape index (κ3) is 3.38. The van der Waals surface area contributed by atoms with Gasteiger partial charge in [-0.25, -0.2) is 5.10 Å². The van der Waals surface area contributed by atoms with Gasteiger partial charge in [-0.05, 0) is 24.3 Å². The highest BCUT2D eigenvalue weighted by Gasteiger charge is 2.30. The molecule has 0 saturated heterocycles. The van der Waals surface area contributed by atoms with Gasteiger partial charge in [-0.2, -0.15) is 18.3 Å². The molecule has 0 saturated carbocycles. The number of nitrogens with zero attached hydrogens (tertiary/aromatic N) is 1. The van der Waals surface area contributed by atoms with Crippen molar-refractivity contribution in [3.05, 3.63) is 51.9 Å². The fourth-order valence-electron chi connectivity index (χ4n) is 1.51. The molecule has 6 nitrogen and oxygen atoms in total. The molecule has 21 heavy (non-hydrogen) atoms. The van der Waals surface area contributed by atoms with E-state index in [-0.39, 0.29) is 17.1 Å². The van der Waals surface area contributed by atoms with Gasteiger partial charge in [0.2, 0.25) is 0 Å². The third-order valence-electron chi connectivity index (χ3n) is 2.54. The van der Waals surface area contributed by atoms with Crippen molar-refractivity contribution in [1.82, 2.24) is 10.2 Å². The molecule has 0 aliphatic carbocycles. The second-order valence-electron chi connectivity index (χ2n) is 4.06. The van der Waals surface area contributed by atoms with Gasteiger partial charge in [0.05, 0.1) is 16.9 Å². The van der Waals surface area contributed by atoms with Gasteiger partial charge >= 0.3 is 6.18 Å². The molecule has 1 aromatic heterocycles.